The Hall–Kier alpha value is -15.2. The van der Waals surface area contributed by atoms with Crippen molar-refractivity contribution in [3.8, 4) is 79.6 Å². The number of likely N-dealkylation sites (N-methyl/N-ethyl adjacent to an activating group) is 1. The van der Waals surface area contributed by atoms with Crippen LogP contribution in [0.15, 0.2) is 176 Å². The van der Waals surface area contributed by atoms with Crippen molar-refractivity contribution in [1.82, 2.24) is 86.1 Å². The van der Waals surface area contributed by atoms with Crippen LogP contribution in [0.3, 0.4) is 0 Å². The van der Waals surface area contributed by atoms with Gasteiger partial charge in [0.05, 0.1) is 103 Å². The third-order valence-electron chi connectivity index (χ3n) is 27.0. The molecule has 132 heavy (non-hydrogen) atoms. The minimum absolute atomic E-state index is 0.0392. The Morgan fingerprint density at radius 2 is 0.962 bits per heavy atom. The summed E-state index contributed by atoms with van der Waals surface area (Å²) in [5, 5.41) is 98.9. The van der Waals surface area contributed by atoms with E-state index in [0.29, 0.717) is 18.1 Å². The number of nitrogens with two attached hydrogens (primary N) is 1. The fraction of sp³-hybridized carbons (Fsp3) is 0.250. The number of aromatic hydroxyl groups is 3. The molecule has 11 aromatic heterocycles. The van der Waals surface area contributed by atoms with Gasteiger partial charge in [-0.25, -0.2) is 28.4 Å². The van der Waals surface area contributed by atoms with Crippen molar-refractivity contribution < 1.29 is 28.8 Å². The highest BCUT2D eigenvalue weighted by molar-refractivity contribution is 7.92. The number of nitriles is 1. The van der Waals surface area contributed by atoms with Crippen LogP contribution >= 0.6 is 0 Å². The van der Waals surface area contributed by atoms with Crippen LogP contribution in [-0.2, 0) is 74.2 Å². The fourth-order valence-electron chi connectivity index (χ4n) is 20.8. The van der Waals surface area contributed by atoms with Crippen LogP contribution in [0, 0.1) is 31.1 Å². The van der Waals surface area contributed by atoms with Gasteiger partial charge in [0.25, 0.3) is 0 Å². The lowest BCUT2D eigenvalue weighted by molar-refractivity contribution is 0.304. The van der Waals surface area contributed by atoms with E-state index in [2.05, 4.69) is 114 Å². The van der Waals surface area contributed by atoms with E-state index >= 15 is 0 Å². The molecule has 0 saturated heterocycles. The highest BCUT2D eigenvalue weighted by Crippen LogP contribution is 2.47. The number of fused-ring (bicyclic) bond motifs is 25. The van der Waals surface area contributed by atoms with Crippen LogP contribution in [0.5, 0.6) is 17.2 Å². The van der Waals surface area contributed by atoms with Crippen molar-refractivity contribution in [2.24, 2.45) is 5.92 Å². The second-order valence-corrected chi connectivity index (χ2v) is 37.1. The van der Waals surface area contributed by atoms with Gasteiger partial charge in [-0.3, -0.25) is 30.1 Å². The number of nitrogens with zero attached hydrogens (tertiary/aromatic N) is 13. The van der Waals surface area contributed by atoms with Crippen molar-refractivity contribution in [2.45, 2.75) is 136 Å². The minimum Gasteiger partial charge on any atom is -0.508 e. The maximum atomic E-state index is 11.5. The summed E-state index contributed by atoms with van der Waals surface area (Å²) in [5.41, 5.74) is 43.0. The number of hydrogen-bond donors (Lipinski definition) is 12. The van der Waals surface area contributed by atoms with Crippen LogP contribution in [0.4, 0.5) is 17.3 Å². The summed E-state index contributed by atoms with van der Waals surface area (Å²) in [6.45, 7) is 4.67. The number of phenols is 3. The molecule has 5 aliphatic rings. The number of rotatable bonds is 10. The van der Waals surface area contributed by atoms with E-state index in [1.165, 1.54) is 121 Å². The SMILES string of the molecule is CN(CCO)c1n[nH]c2ccc3nc(-c4ccc(O)cc4)c4c(c3c12)CCCC4.CS(=O)(=O)Nc1ccc(-c2[nH]c3ccc4nccc4c3c3c2CCCC3)cc1.Cc1[nH]ncc1-c1nc2ccc3n[nH]c(C)c3c2c2c1CC(C#N)CC2.Nc1n[nH]c2ccc3nc(-c4ccc(O)cc4)c4c(c3c12)CCCC4.Oc1ccc(-c2nc3c(ccc4n[nH]nc43)c3c2CCCC3)cc1. The summed E-state index contributed by atoms with van der Waals surface area (Å²) in [7, 11) is -1.32. The molecule has 660 valence electrons. The van der Waals surface area contributed by atoms with E-state index in [4.69, 9.17) is 25.7 Å². The number of pyridine rings is 5. The zero-order chi connectivity index (χ0) is 90.2. The predicted molar refractivity (Wildman–Crippen MR) is 522 cm³/mol. The van der Waals surface area contributed by atoms with Crippen molar-refractivity contribution in [3.63, 3.8) is 0 Å². The van der Waals surface area contributed by atoms with Gasteiger partial charge >= 0.3 is 0 Å². The molecule has 0 spiro atoms. The monoisotopic (exact) mass is 1770 g/mol. The number of nitrogens with one attached hydrogen (secondary N) is 7. The molecule has 11 heterocycles. The van der Waals surface area contributed by atoms with Crippen molar-refractivity contribution in [1.29, 1.82) is 5.26 Å². The second kappa shape index (κ2) is 34.7. The number of benzene rings is 9. The fourth-order valence-corrected chi connectivity index (χ4v) is 21.4. The molecule has 0 amide bonds. The molecule has 20 aromatic rings. The van der Waals surface area contributed by atoms with E-state index in [-0.39, 0.29) is 29.8 Å². The van der Waals surface area contributed by atoms with Crippen molar-refractivity contribution in [2.75, 3.05) is 41.8 Å². The van der Waals surface area contributed by atoms with Crippen LogP contribution in [0.1, 0.15) is 125 Å². The van der Waals surface area contributed by atoms with E-state index in [1.54, 1.807) is 36.4 Å². The van der Waals surface area contributed by atoms with Gasteiger partial charge in [0.15, 0.2) is 11.6 Å². The molecule has 0 bridgehead atoms. The molecular weight excluding hydrogens is 1670 g/mol. The number of sulfonamides is 1. The molecule has 0 saturated carbocycles. The van der Waals surface area contributed by atoms with Gasteiger partial charge in [-0.1, -0.05) is 18.2 Å². The van der Waals surface area contributed by atoms with Gasteiger partial charge in [-0.05, 0) is 343 Å². The number of H-pyrrole nitrogens is 6. The Kier molecular flexibility index (Phi) is 22.0. The lowest BCUT2D eigenvalue weighted by Gasteiger charge is -2.24. The Morgan fingerprint density at radius 1 is 0.455 bits per heavy atom. The van der Waals surface area contributed by atoms with Crippen LogP contribution in [0.2, 0.25) is 0 Å². The van der Waals surface area contributed by atoms with Crippen LogP contribution in [0.25, 0.3) is 165 Å². The summed E-state index contributed by atoms with van der Waals surface area (Å²) in [5.74, 6) is 2.23. The standard InChI is InChI=1S/C23H24N4O2.C22H21N3O2S.C20H18N6.C20H18N4O.C19H16N4O/c1-27(12-13-28)23-21-19(25-26-23)11-10-18-20(21)16-4-2-3-5-17(16)22(24-18)14-6-8-15(29)9-7-14;1-28(26,27)25-15-8-6-14(7-9-15)22-17-5-3-2-4-16(17)21-18-12-13-23-19(18)10-11-20(21)24-22;1-10-15(9-22-24-10)20-14-7-12(8-21)3-4-13(14)19-16(23-20)5-6-17-18(19)11(2)25-26-17;21-20-18-16(23-24-20)10-9-15-17(18)13-3-1-2-4-14(13)19(22-15)11-5-7-12(25)8-6-11;24-12-7-5-11(6-8-12)17-14-4-2-1-3-13(14)15-9-10-16-19(18(15)20-17)22-23-21-16/h6-11,28-29H,2-5,12-13H2,1H3,(H,25,26);6-13,24-25H,2-5H2,1H3;5-6,9,12H,3-4,7H2,1-2H3,(H,22,24)(H,25,26);5-10,25H,1-4H2,(H3,21,23,24);5-10,24H,1-4H2,(H,21,22,23). The quantitative estimate of drug-likeness (QED) is 0.0605. The molecule has 1 atom stereocenters. The van der Waals surface area contributed by atoms with Gasteiger partial charge in [-0.15, -0.1) is 0 Å². The number of hydrogen-bond acceptors (Lipinski definition) is 20. The Balaban J connectivity index is 0.0000000996. The van der Waals surface area contributed by atoms with Crippen molar-refractivity contribution >= 4 is 137 Å². The summed E-state index contributed by atoms with van der Waals surface area (Å²) in [6, 6.07) is 54.5. The first kappa shape index (κ1) is 83.7. The van der Waals surface area contributed by atoms with E-state index in [0.717, 1.165) is 245 Å². The molecule has 28 heteroatoms. The number of aryl methyl sites for hydroxylation is 7. The third kappa shape index (κ3) is 15.5. The predicted octanol–water partition coefficient (Wildman–Crippen LogP) is 19.9. The summed E-state index contributed by atoms with van der Waals surface area (Å²) in [6.07, 6.45) is 25.1. The zero-order valence-corrected chi connectivity index (χ0v) is 74.4. The van der Waals surface area contributed by atoms with Gasteiger partial charge in [0.1, 0.15) is 33.8 Å². The number of nitrogen functional groups attached to an aromatic ring is 1. The normalized spacial score (nSPS) is 14.6. The average molecular weight is 1770 g/mol. The molecule has 27 nitrogen and oxygen atoms in total. The number of anilines is 3. The van der Waals surface area contributed by atoms with E-state index in [9.17, 15) is 34.1 Å². The first-order chi connectivity index (χ1) is 64.4. The van der Waals surface area contributed by atoms with E-state index in [1.807, 2.05) is 128 Å². The summed E-state index contributed by atoms with van der Waals surface area (Å²) in [4.78, 5) is 30.2. The van der Waals surface area contributed by atoms with Gasteiger partial charge in [0.2, 0.25) is 10.0 Å². The first-order valence-electron chi connectivity index (χ1n) is 45.3. The zero-order valence-electron chi connectivity index (χ0n) is 73.6. The largest absolute Gasteiger partial charge is 0.508 e. The van der Waals surface area contributed by atoms with Gasteiger partial charge < -0.3 is 36.0 Å². The summed E-state index contributed by atoms with van der Waals surface area (Å²) >= 11 is 0. The first-order valence-corrected chi connectivity index (χ1v) is 47.2. The Labute approximate surface area is 758 Å². The smallest absolute Gasteiger partial charge is 0.229 e. The molecule has 9 aromatic carbocycles. The number of aliphatic hydroxyl groups is 1. The molecule has 1 unspecified atom stereocenters. The summed E-state index contributed by atoms with van der Waals surface area (Å²) < 4.78 is 25.4. The third-order valence-corrected chi connectivity index (χ3v) is 27.6. The topological polar surface area (TPSA) is 417 Å². The number of aromatic nitrogens is 17. The molecule has 25 rings (SSSR count). The maximum absolute atomic E-state index is 11.5. The molecular formula is C104H97N21O6S. The molecule has 0 aliphatic heterocycles. The minimum atomic E-state index is -3.28. The molecule has 0 fully saturated rings. The number of phenolic OH excluding ortho intramolecular Hbond substituents is 3. The second-order valence-electron chi connectivity index (χ2n) is 35.3. The number of aliphatic hydroxyl groups excluding tert-OH is 1. The maximum Gasteiger partial charge on any atom is 0.229 e. The highest BCUT2D eigenvalue weighted by Gasteiger charge is 2.31. The molecule has 5 aliphatic carbocycles. The Bertz CT molecular complexity index is 8090. The lowest BCUT2D eigenvalue weighted by Crippen LogP contribution is -2.21. The molecule has 0 radical (unpaired) electrons. The van der Waals surface area contributed by atoms with Gasteiger partial charge in [-0.2, -0.15) is 41.1 Å². The van der Waals surface area contributed by atoms with Crippen LogP contribution in [-0.4, -0.2) is 141 Å². The highest BCUT2D eigenvalue weighted by atomic mass is 32.2. The molecule has 13 N–H and O–H groups in total. The van der Waals surface area contributed by atoms with E-state index < -0.39 is 10.0 Å². The number of aromatic amines is 6. The van der Waals surface area contributed by atoms with Crippen molar-refractivity contribution in [3.05, 3.63) is 243 Å². The van der Waals surface area contributed by atoms with Gasteiger partial charge in [0, 0.05) is 108 Å². The lowest BCUT2D eigenvalue weighted by atomic mass is 9.80. The van der Waals surface area contributed by atoms with Crippen LogP contribution < -0.4 is 15.4 Å². The Morgan fingerprint density at radius 3 is 1.57 bits per heavy atom. The average Bonchev–Trinajstić information content (AvgIpc) is 1.55.